The first-order chi connectivity index (χ1) is 14.0. The van der Waals surface area contributed by atoms with E-state index in [1.54, 1.807) is 48.5 Å². The smallest absolute Gasteiger partial charge is 0.396 e. The summed E-state index contributed by atoms with van der Waals surface area (Å²) in [6, 6.07) is 13.8. The van der Waals surface area contributed by atoms with Crippen LogP contribution in [0.3, 0.4) is 0 Å². The number of aromatic nitrogens is 2. The zero-order chi connectivity index (χ0) is 20.8. The summed E-state index contributed by atoms with van der Waals surface area (Å²) in [6.07, 6.45) is 0. The first-order valence-corrected chi connectivity index (χ1v) is 8.69. The molecule has 1 heterocycles. The van der Waals surface area contributed by atoms with E-state index in [9.17, 15) is 19.2 Å². The van der Waals surface area contributed by atoms with Gasteiger partial charge in [-0.05, 0) is 23.3 Å². The molecule has 3 rings (SSSR count). The number of methoxy groups -OCH3 is 1. The number of para-hydroxylation sites is 1. The minimum absolute atomic E-state index is 0.0739. The van der Waals surface area contributed by atoms with Crippen molar-refractivity contribution in [3.05, 3.63) is 75.8 Å². The molecule has 148 valence electrons. The second kappa shape index (κ2) is 8.79. The summed E-state index contributed by atoms with van der Waals surface area (Å²) < 4.78 is 4.34. The summed E-state index contributed by atoms with van der Waals surface area (Å²) in [4.78, 5) is 53.7. The second-order valence-electron chi connectivity index (χ2n) is 6.11. The lowest BCUT2D eigenvalue weighted by Gasteiger charge is -2.08. The molecular formula is C20H18N4O5. The number of nitrogens with one attached hydrogen (secondary N) is 3. The number of aromatic amines is 1. The van der Waals surface area contributed by atoms with Gasteiger partial charge in [0.25, 0.3) is 11.5 Å². The van der Waals surface area contributed by atoms with Gasteiger partial charge in [0.1, 0.15) is 0 Å². The van der Waals surface area contributed by atoms with Gasteiger partial charge < -0.3 is 20.4 Å². The molecule has 0 aliphatic carbocycles. The van der Waals surface area contributed by atoms with Gasteiger partial charge in [-0.25, -0.2) is 9.78 Å². The number of fused-ring (bicyclic) bond motifs is 1. The van der Waals surface area contributed by atoms with Gasteiger partial charge in [-0.15, -0.1) is 0 Å². The number of carbonyl (C=O) groups excluding carboxylic acids is 3. The van der Waals surface area contributed by atoms with E-state index >= 15 is 0 Å². The number of hydrogen-bond donors (Lipinski definition) is 3. The van der Waals surface area contributed by atoms with E-state index in [1.807, 2.05) is 0 Å². The monoisotopic (exact) mass is 394 g/mol. The van der Waals surface area contributed by atoms with Crippen LogP contribution in [0, 0.1) is 0 Å². The lowest BCUT2D eigenvalue weighted by Crippen LogP contribution is -2.31. The number of carbonyl (C=O) groups is 3. The largest absolute Gasteiger partial charge is 0.462 e. The lowest BCUT2D eigenvalue weighted by molar-refractivity contribution is -0.152. The maximum absolute atomic E-state index is 12.4. The van der Waals surface area contributed by atoms with Gasteiger partial charge in [-0.2, -0.15) is 0 Å². The van der Waals surface area contributed by atoms with Crippen molar-refractivity contribution in [1.29, 1.82) is 0 Å². The fraction of sp³-hybridized carbons (Fsp3) is 0.150. The highest BCUT2D eigenvalue weighted by Gasteiger charge is 2.13. The first kappa shape index (κ1) is 19.7. The molecule has 3 N–H and O–H groups in total. The van der Waals surface area contributed by atoms with Gasteiger partial charge in [0.15, 0.2) is 5.82 Å². The average molecular weight is 394 g/mol. The average Bonchev–Trinajstić information content (AvgIpc) is 2.75. The van der Waals surface area contributed by atoms with Crippen molar-refractivity contribution in [2.24, 2.45) is 0 Å². The standard InChI is InChI=1S/C20H18N4O5/c1-29-20(28)19(27)22-11-13-6-4-5-12(9-13)10-21-18(26)16-23-15-8-3-2-7-14(15)17(25)24-16/h2-9H,10-11H2,1H3,(H,21,26)(H,22,27)(H,23,24,25). The van der Waals surface area contributed by atoms with Crippen LogP contribution in [-0.4, -0.2) is 34.9 Å². The number of H-pyrrole nitrogens is 1. The van der Waals surface area contributed by atoms with Crippen LogP contribution in [0.25, 0.3) is 10.9 Å². The quantitative estimate of drug-likeness (QED) is 0.430. The Balaban J connectivity index is 1.64. The summed E-state index contributed by atoms with van der Waals surface area (Å²) in [5.41, 5.74) is 1.56. The minimum atomic E-state index is -0.967. The summed E-state index contributed by atoms with van der Waals surface area (Å²) in [5, 5.41) is 5.54. The normalized spacial score (nSPS) is 10.4. The van der Waals surface area contributed by atoms with Gasteiger partial charge >= 0.3 is 11.9 Å². The Morgan fingerprint density at radius 2 is 1.69 bits per heavy atom. The van der Waals surface area contributed by atoms with Crippen LogP contribution in [0.15, 0.2) is 53.3 Å². The van der Waals surface area contributed by atoms with Gasteiger partial charge in [0.2, 0.25) is 0 Å². The van der Waals surface area contributed by atoms with Gasteiger partial charge in [0.05, 0.1) is 18.0 Å². The van der Waals surface area contributed by atoms with Crippen molar-refractivity contribution in [3.63, 3.8) is 0 Å². The van der Waals surface area contributed by atoms with Crippen LogP contribution >= 0.6 is 0 Å². The number of nitrogens with zero attached hydrogens (tertiary/aromatic N) is 1. The Morgan fingerprint density at radius 3 is 2.41 bits per heavy atom. The van der Waals surface area contributed by atoms with Gasteiger partial charge in [0, 0.05) is 13.1 Å². The Hall–Kier alpha value is -4.01. The fourth-order valence-corrected chi connectivity index (χ4v) is 2.66. The zero-order valence-electron chi connectivity index (χ0n) is 15.5. The maximum atomic E-state index is 12.4. The summed E-state index contributed by atoms with van der Waals surface area (Å²) in [7, 11) is 1.13. The highest BCUT2D eigenvalue weighted by molar-refractivity contribution is 6.32. The van der Waals surface area contributed by atoms with Crippen LogP contribution < -0.4 is 16.2 Å². The molecule has 3 aromatic rings. The number of ether oxygens (including phenoxy) is 1. The number of amides is 2. The van der Waals surface area contributed by atoms with Gasteiger partial charge in [-0.3, -0.25) is 14.4 Å². The molecule has 9 nitrogen and oxygen atoms in total. The molecule has 2 aromatic carbocycles. The predicted molar refractivity (Wildman–Crippen MR) is 104 cm³/mol. The minimum Gasteiger partial charge on any atom is -0.462 e. The highest BCUT2D eigenvalue weighted by Crippen LogP contribution is 2.07. The third-order valence-corrected chi connectivity index (χ3v) is 4.10. The molecule has 0 fully saturated rings. The van der Waals surface area contributed by atoms with Crippen LogP contribution in [0.2, 0.25) is 0 Å². The molecule has 0 atom stereocenters. The Morgan fingerprint density at radius 1 is 1.00 bits per heavy atom. The number of benzene rings is 2. The predicted octanol–water partition coefficient (Wildman–Crippen LogP) is 0.642. The molecule has 0 saturated heterocycles. The third-order valence-electron chi connectivity index (χ3n) is 4.10. The first-order valence-electron chi connectivity index (χ1n) is 8.69. The summed E-state index contributed by atoms with van der Waals surface area (Å²) in [6.45, 7) is 0.323. The van der Waals surface area contributed by atoms with Crippen molar-refractivity contribution >= 4 is 28.7 Å². The van der Waals surface area contributed by atoms with Crippen molar-refractivity contribution < 1.29 is 19.1 Å². The van der Waals surface area contributed by atoms with E-state index in [0.29, 0.717) is 10.9 Å². The Kier molecular flexibility index (Phi) is 5.98. The van der Waals surface area contributed by atoms with E-state index < -0.39 is 17.8 Å². The molecule has 0 spiro atoms. The Bertz CT molecular complexity index is 1140. The molecule has 0 radical (unpaired) electrons. The molecule has 0 aliphatic rings. The summed E-state index contributed by atoms with van der Waals surface area (Å²) >= 11 is 0. The molecule has 0 unspecified atom stereocenters. The topological polar surface area (TPSA) is 130 Å². The third kappa shape index (κ3) is 4.83. The van der Waals surface area contributed by atoms with Crippen molar-refractivity contribution in [1.82, 2.24) is 20.6 Å². The van der Waals surface area contributed by atoms with Crippen molar-refractivity contribution in [2.45, 2.75) is 13.1 Å². The van der Waals surface area contributed by atoms with E-state index in [1.165, 1.54) is 0 Å². The molecule has 2 amide bonds. The molecule has 0 aliphatic heterocycles. The molecule has 1 aromatic heterocycles. The second-order valence-corrected chi connectivity index (χ2v) is 6.11. The zero-order valence-corrected chi connectivity index (χ0v) is 15.5. The van der Waals surface area contributed by atoms with E-state index in [-0.39, 0.29) is 24.5 Å². The molecule has 0 bridgehead atoms. The molecule has 0 saturated carbocycles. The van der Waals surface area contributed by atoms with Crippen LogP contribution in [-0.2, 0) is 27.4 Å². The van der Waals surface area contributed by atoms with Gasteiger partial charge in [-0.1, -0.05) is 36.4 Å². The van der Waals surface area contributed by atoms with E-state index in [2.05, 4.69) is 25.3 Å². The Labute approximate surface area is 165 Å². The SMILES string of the molecule is COC(=O)C(=O)NCc1cccc(CNC(=O)c2nc3ccccc3c(=O)[nH]2)c1. The lowest BCUT2D eigenvalue weighted by atomic mass is 10.1. The van der Waals surface area contributed by atoms with E-state index in [4.69, 9.17) is 0 Å². The highest BCUT2D eigenvalue weighted by atomic mass is 16.5. The number of esters is 1. The number of rotatable bonds is 5. The fourth-order valence-electron chi connectivity index (χ4n) is 2.66. The maximum Gasteiger partial charge on any atom is 0.396 e. The summed E-state index contributed by atoms with van der Waals surface area (Å²) in [5.74, 6) is -2.39. The van der Waals surface area contributed by atoms with Crippen LogP contribution in [0.1, 0.15) is 21.7 Å². The molecule has 9 heteroatoms. The van der Waals surface area contributed by atoms with Crippen molar-refractivity contribution in [3.8, 4) is 0 Å². The number of hydrogen-bond acceptors (Lipinski definition) is 6. The van der Waals surface area contributed by atoms with Crippen LogP contribution in [0.4, 0.5) is 0 Å². The van der Waals surface area contributed by atoms with Crippen LogP contribution in [0.5, 0.6) is 0 Å². The van der Waals surface area contributed by atoms with E-state index in [0.717, 1.165) is 18.2 Å². The molecular weight excluding hydrogens is 376 g/mol. The van der Waals surface area contributed by atoms with Crippen molar-refractivity contribution in [2.75, 3.05) is 7.11 Å². The molecule has 29 heavy (non-hydrogen) atoms.